The van der Waals surface area contributed by atoms with Crippen molar-refractivity contribution < 1.29 is 9.21 Å². The Kier molecular flexibility index (Phi) is 5.18. The Bertz CT molecular complexity index is 490. The van der Waals surface area contributed by atoms with Gasteiger partial charge in [-0.1, -0.05) is 6.08 Å². The summed E-state index contributed by atoms with van der Waals surface area (Å²) < 4.78 is 5.42. The fraction of sp³-hybridized carbons (Fsp3) is 0.438. The van der Waals surface area contributed by atoms with Crippen LogP contribution in [0.4, 0.5) is 0 Å². The van der Waals surface area contributed by atoms with Crippen LogP contribution in [0.5, 0.6) is 0 Å². The number of carbonyl (C=O) groups is 1. The summed E-state index contributed by atoms with van der Waals surface area (Å²) in [7, 11) is 0. The topological polar surface area (TPSA) is 36.7 Å². The van der Waals surface area contributed by atoms with E-state index in [1.807, 2.05) is 30.0 Å². The lowest BCUT2D eigenvalue weighted by Crippen LogP contribution is -2.34. The van der Waals surface area contributed by atoms with Crippen LogP contribution in [0, 0.1) is 6.92 Å². The quantitative estimate of drug-likeness (QED) is 0.624. The number of hydrogen-bond donors (Lipinski definition) is 0. The first-order chi connectivity index (χ1) is 9.69. The molecule has 108 valence electrons. The van der Waals surface area contributed by atoms with Gasteiger partial charge in [-0.3, -0.25) is 9.69 Å². The van der Waals surface area contributed by atoms with Crippen molar-refractivity contribution >= 4 is 12.0 Å². The summed E-state index contributed by atoms with van der Waals surface area (Å²) in [5.41, 5.74) is 0. The monoisotopic (exact) mass is 274 g/mol. The van der Waals surface area contributed by atoms with Crippen molar-refractivity contribution in [2.45, 2.75) is 13.3 Å². The Morgan fingerprint density at radius 1 is 1.35 bits per heavy atom. The zero-order chi connectivity index (χ0) is 14.4. The Morgan fingerprint density at radius 3 is 2.90 bits per heavy atom. The molecule has 1 aliphatic rings. The largest absolute Gasteiger partial charge is 0.462 e. The van der Waals surface area contributed by atoms with Crippen LogP contribution in [-0.2, 0) is 4.79 Å². The van der Waals surface area contributed by atoms with Crippen molar-refractivity contribution in [3.05, 3.63) is 42.4 Å². The zero-order valence-corrected chi connectivity index (χ0v) is 12.0. The van der Waals surface area contributed by atoms with Crippen molar-refractivity contribution in [3.63, 3.8) is 0 Å². The summed E-state index contributed by atoms with van der Waals surface area (Å²) in [6, 6.07) is 3.76. The molecule has 0 bridgehead atoms. The van der Waals surface area contributed by atoms with E-state index in [-0.39, 0.29) is 5.91 Å². The Balaban J connectivity index is 1.89. The number of furan rings is 1. The second kappa shape index (κ2) is 7.10. The minimum atomic E-state index is 0.0551. The molecule has 0 aliphatic carbocycles. The molecular formula is C16H22N2O2. The molecule has 2 rings (SSSR count). The molecule has 0 radical (unpaired) electrons. The lowest BCUT2D eigenvalue weighted by Gasteiger charge is -2.19. The third kappa shape index (κ3) is 4.10. The second-order valence-corrected chi connectivity index (χ2v) is 5.05. The average Bonchev–Trinajstić information content (AvgIpc) is 2.71. The second-order valence-electron chi connectivity index (χ2n) is 5.05. The predicted octanol–water partition coefficient (Wildman–Crippen LogP) is 2.32. The van der Waals surface area contributed by atoms with Gasteiger partial charge in [-0.2, -0.15) is 0 Å². The van der Waals surface area contributed by atoms with E-state index in [9.17, 15) is 4.79 Å². The minimum Gasteiger partial charge on any atom is -0.462 e. The molecule has 4 nitrogen and oxygen atoms in total. The predicted molar refractivity (Wildman–Crippen MR) is 80.3 cm³/mol. The summed E-state index contributed by atoms with van der Waals surface area (Å²) in [5, 5.41) is 0. The van der Waals surface area contributed by atoms with Gasteiger partial charge < -0.3 is 9.32 Å². The molecule has 2 heterocycles. The SMILES string of the molecule is C=CCN1CCCN(C(=O)/C=C/c2ccc(C)o2)CC1. The molecule has 1 fully saturated rings. The van der Waals surface area contributed by atoms with Crippen molar-refractivity contribution in [3.8, 4) is 0 Å². The van der Waals surface area contributed by atoms with Crippen molar-refractivity contribution in [2.75, 3.05) is 32.7 Å². The molecule has 1 amide bonds. The van der Waals surface area contributed by atoms with Crippen LogP contribution in [-0.4, -0.2) is 48.4 Å². The van der Waals surface area contributed by atoms with Crippen LogP contribution >= 0.6 is 0 Å². The van der Waals surface area contributed by atoms with Crippen LogP contribution in [0.1, 0.15) is 17.9 Å². The highest BCUT2D eigenvalue weighted by Gasteiger charge is 2.16. The van der Waals surface area contributed by atoms with E-state index < -0.39 is 0 Å². The van der Waals surface area contributed by atoms with E-state index >= 15 is 0 Å². The lowest BCUT2D eigenvalue weighted by atomic mass is 10.3. The fourth-order valence-corrected chi connectivity index (χ4v) is 2.36. The van der Waals surface area contributed by atoms with Gasteiger partial charge in [0.15, 0.2) is 0 Å². The maximum atomic E-state index is 12.2. The van der Waals surface area contributed by atoms with E-state index in [2.05, 4.69) is 11.5 Å². The summed E-state index contributed by atoms with van der Waals surface area (Å²) in [5.74, 6) is 1.63. The Labute approximate surface area is 120 Å². The highest BCUT2D eigenvalue weighted by atomic mass is 16.3. The number of hydrogen-bond acceptors (Lipinski definition) is 3. The number of carbonyl (C=O) groups excluding carboxylic acids is 1. The van der Waals surface area contributed by atoms with E-state index in [0.29, 0.717) is 0 Å². The van der Waals surface area contributed by atoms with Gasteiger partial charge >= 0.3 is 0 Å². The van der Waals surface area contributed by atoms with Gasteiger partial charge in [-0.25, -0.2) is 0 Å². The maximum Gasteiger partial charge on any atom is 0.246 e. The molecule has 1 aliphatic heterocycles. The van der Waals surface area contributed by atoms with Gasteiger partial charge in [-0.05, 0) is 31.6 Å². The molecule has 0 atom stereocenters. The molecule has 1 aromatic rings. The van der Waals surface area contributed by atoms with Gasteiger partial charge in [0.05, 0.1) is 0 Å². The summed E-state index contributed by atoms with van der Waals surface area (Å²) in [6.07, 6.45) is 6.26. The van der Waals surface area contributed by atoms with Gasteiger partial charge in [-0.15, -0.1) is 6.58 Å². The lowest BCUT2D eigenvalue weighted by molar-refractivity contribution is -0.125. The summed E-state index contributed by atoms with van der Waals surface area (Å²) >= 11 is 0. The molecule has 0 aromatic carbocycles. The Hall–Kier alpha value is -1.81. The van der Waals surface area contributed by atoms with Crippen LogP contribution in [0.15, 0.2) is 35.3 Å². The third-order valence-electron chi connectivity index (χ3n) is 3.44. The standard InChI is InChI=1S/C16H22N2O2/c1-3-9-17-10-4-11-18(13-12-17)16(19)8-7-15-6-5-14(2)20-15/h3,5-8H,1,4,9-13H2,2H3/b8-7+. The molecule has 1 aromatic heterocycles. The number of rotatable bonds is 4. The van der Waals surface area contributed by atoms with Crippen molar-refractivity contribution in [1.82, 2.24) is 9.80 Å². The zero-order valence-electron chi connectivity index (χ0n) is 12.0. The van der Waals surface area contributed by atoms with E-state index in [4.69, 9.17) is 4.42 Å². The molecular weight excluding hydrogens is 252 g/mol. The normalized spacial score (nSPS) is 17.4. The third-order valence-corrected chi connectivity index (χ3v) is 3.44. The molecule has 0 unspecified atom stereocenters. The number of nitrogens with zero attached hydrogens (tertiary/aromatic N) is 2. The summed E-state index contributed by atoms with van der Waals surface area (Å²) in [6.45, 7) is 10.1. The first-order valence-electron chi connectivity index (χ1n) is 7.05. The fourth-order valence-electron chi connectivity index (χ4n) is 2.36. The van der Waals surface area contributed by atoms with Crippen LogP contribution in [0.25, 0.3) is 6.08 Å². The van der Waals surface area contributed by atoms with Crippen LogP contribution in [0.2, 0.25) is 0 Å². The molecule has 1 saturated heterocycles. The van der Waals surface area contributed by atoms with Crippen LogP contribution in [0.3, 0.4) is 0 Å². The van der Waals surface area contributed by atoms with Gasteiger partial charge in [0.2, 0.25) is 5.91 Å². The highest BCUT2D eigenvalue weighted by Crippen LogP contribution is 2.09. The van der Waals surface area contributed by atoms with Crippen LogP contribution < -0.4 is 0 Å². The van der Waals surface area contributed by atoms with E-state index in [1.165, 1.54) is 0 Å². The molecule has 20 heavy (non-hydrogen) atoms. The summed E-state index contributed by atoms with van der Waals surface area (Å²) in [4.78, 5) is 16.4. The van der Waals surface area contributed by atoms with Crippen molar-refractivity contribution in [1.29, 1.82) is 0 Å². The smallest absolute Gasteiger partial charge is 0.246 e. The number of amides is 1. The van der Waals surface area contributed by atoms with Gasteiger partial charge in [0.1, 0.15) is 11.5 Å². The molecule has 0 N–H and O–H groups in total. The first kappa shape index (κ1) is 14.6. The van der Waals surface area contributed by atoms with Gasteiger partial charge in [0, 0.05) is 38.8 Å². The Morgan fingerprint density at radius 2 is 2.20 bits per heavy atom. The number of aryl methyl sites for hydroxylation is 1. The maximum absolute atomic E-state index is 12.2. The van der Waals surface area contributed by atoms with E-state index in [1.54, 1.807) is 12.2 Å². The van der Waals surface area contributed by atoms with Crippen molar-refractivity contribution in [2.24, 2.45) is 0 Å². The average molecular weight is 274 g/mol. The first-order valence-corrected chi connectivity index (χ1v) is 7.05. The minimum absolute atomic E-state index is 0.0551. The van der Waals surface area contributed by atoms with Gasteiger partial charge in [0.25, 0.3) is 0 Å². The molecule has 0 saturated carbocycles. The molecule has 4 heteroatoms. The molecule has 0 spiro atoms. The van der Waals surface area contributed by atoms with E-state index in [0.717, 1.165) is 50.7 Å². The highest BCUT2D eigenvalue weighted by molar-refractivity contribution is 5.91.